The molecule has 0 rings (SSSR count). The maximum Gasteiger partial charge on any atom is 0.246 e. The largest absolute Gasteiger partial charge is 0.396 e. The van der Waals surface area contributed by atoms with Crippen LogP contribution in [0.25, 0.3) is 0 Å². The number of carbonyl (C=O) groups excluding carboxylic acids is 1. The molecule has 0 atom stereocenters. The number of aliphatic hydroxyl groups excluding tert-OH is 2. The Morgan fingerprint density at radius 2 is 1.13 bits per heavy atom. The van der Waals surface area contributed by atoms with Gasteiger partial charge in [-0.15, -0.1) is 0 Å². The van der Waals surface area contributed by atoms with Crippen LogP contribution in [0.1, 0.15) is 86.0 Å². The van der Waals surface area contributed by atoms with Crippen LogP contribution >= 0.6 is 0 Å². The number of rotatable bonds is 16. The minimum atomic E-state index is -0.0242. The first-order valence-electron chi connectivity index (χ1n) is 11.4. The summed E-state index contributed by atoms with van der Waals surface area (Å²) in [5, 5.41) is 18.0. The average Bonchev–Trinajstić information content (AvgIpc) is 2.67. The molecular formula is C26H45NO3. The highest BCUT2D eigenvalue weighted by Crippen LogP contribution is 2.14. The van der Waals surface area contributed by atoms with Crippen molar-refractivity contribution in [1.29, 1.82) is 0 Å². The summed E-state index contributed by atoms with van der Waals surface area (Å²) in [7, 11) is 0. The molecule has 0 aromatic carbocycles. The lowest BCUT2D eigenvalue weighted by Crippen LogP contribution is -2.32. The van der Waals surface area contributed by atoms with Gasteiger partial charge >= 0.3 is 0 Å². The summed E-state index contributed by atoms with van der Waals surface area (Å²) in [5.74, 6) is -0.0242. The highest BCUT2D eigenvalue weighted by molar-refractivity contribution is 5.88. The van der Waals surface area contributed by atoms with Crippen molar-refractivity contribution < 1.29 is 15.0 Å². The standard InChI is InChI=1S/C26H45NO3/c1-22(2)11-6-12-23(3)13-7-14-24(4)15-8-16-25(5)21-26(30)27(17-9-19-28)18-10-20-29/h11,13,15,21,28-29H,6-10,12,14,16-20H2,1-5H3. The zero-order valence-electron chi connectivity index (χ0n) is 20.0. The normalized spacial score (nSPS) is 12.8. The van der Waals surface area contributed by atoms with Gasteiger partial charge in [0, 0.05) is 32.4 Å². The molecule has 4 heteroatoms. The molecule has 0 saturated heterocycles. The first kappa shape index (κ1) is 28.4. The van der Waals surface area contributed by atoms with E-state index in [0.717, 1.165) is 44.1 Å². The van der Waals surface area contributed by atoms with E-state index in [0.29, 0.717) is 25.9 Å². The zero-order chi connectivity index (χ0) is 22.8. The highest BCUT2D eigenvalue weighted by Gasteiger charge is 2.10. The molecule has 172 valence electrons. The van der Waals surface area contributed by atoms with Crippen molar-refractivity contribution in [3.8, 4) is 0 Å². The fourth-order valence-electron chi connectivity index (χ4n) is 3.11. The number of hydrogen-bond acceptors (Lipinski definition) is 3. The van der Waals surface area contributed by atoms with Gasteiger partial charge in [0.2, 0.25) is 5.91 Å². The van der Waals surface area contributed by atoms with Gasteiger partial charge in [-0.1, -0.05) is 40.5 Å². The fourth-order valence-corrected chi connectivity index (χ4v) is 3.11. The summed E-state index contributed by atoms with van der Waals surface area (Å²) >= 11 is 0. The molecule has 0 heterocycles. The van der Waals surface area contributed by atoms with E-state index in [-0.39, 0.29) is 19.1 Å². The van der Waals surface area contributed by atoms with Crippen LogP contribution in [0, 0.1) is 0 Å². The van der Waals surface area contributed by atoms with Crippen LogP contribution in [-0.4, -0.2) is 47.3 Å². The summed E-state index contributed by atoms with van der Waals surface area (Å²) < 4.78 is 0. The molecule has 0 aliphatic rings. The van der Waals surface area contributed by atoms with Gasteiger partial charge in [-0.25, -0.2) is 0 Å². The van der Waals surface area contributed by atoms with E-state index in [1.165, 1.54) is 16.7 Å². The predicted molar refractivity (Wildman–Crippen MR) is 128 cm³/mol. The van der Waals surface area contributed by atoms with Crippen molar-refractivity contribution in [2.45, 2.75) is 86.0 Å². The molecule has 0 aromatic heterocycles. The number of allylic oxidation sites excluding steroid dienone is 7. The lowest BCUT2D eigenvalue weighted by atomic mass is 10.0. The van der Waals surface area contributed by atoms with Crippen LogP contribution in [0.3, 0.4) is 0 Å². The lowest BCUT2D eigenvalue weighted by molar-refractivity contribution is -0.126. The molecule has 30 heavy (non-hydrogen) atoms. The van der Waals surface area contributed by atoms with E-state index >= 15 is 0 Å². The van der Waals surface area contributed by atoms with Gasteiger partial charge in [-0.2, -0.15) is 0 Å². The predicted octanol–water partition coefficient (Wildman–Crippen LogP) is 5.73. The molecule has 0 radical (unpaired) electrons. The Balaban J connectivity index is 4.39. The molecule has 0 bridgehead atoms. The van der Waals surface area contributed by atoms with Crippen molar-refractivity contribution >= 4 is 5.91 Å². The summed E-state index contributed by atoms with van der Waals surface area (Å²) in [4.78, 5) is 14.2. The Labute approximate surface area is 185 Å². The van der Waals surface area contributed by atoms with E-state index in [1.807, 2.05) is 6.92 Å². The summed E-state index contributed by atoms with van der Waals surface area (Å²) in [5.41, 5.74) is 5.31. The number of amides is 1. The Morgan fingerprint density at radius 3 is 1.57 bits per heavy atom. The van der Waals surface area contributed by atoms with E-state index in [1.54, 1.807) is 11.0 Å². The smallest absolute Gasteiger partial charge is 0.246 e. The molecule has 2 N–H and O–H groups in total. The summed E-state index contributed by atoms with van der Waals surface area (Å²) in [6, 6.07) is 0. The van der Waals surface area contributed by atoms with Gasteiger partial charge in [0.25, 0.3) is 0 Å². The SMILES string of the molecule is CC(C)=CCCC(C)=CCCC(C)=CCCC(C)=CC(=O)N(CCCO)CCCO. The molecule has 0 aromatic rings. The van der Waals surface area contributed by atoms with Crippen LogP contribution in [0.4, 0.5) is 0 Å². The first-order valence-corrected chi connectivity index (χ1v) is 11.4. The average molecular weight is 420 g/mol. The molecule has 0 unspecified atom stereocenters. The fraction of sp³-hybridized carbons (Fsp3) is 0.654. The van der Waals surface area contributed by atoms with Crippen molar-refractivity contribution in [1.82, 2.24) is 4.90 Å². The van der Waals surface area contributed by atoms with Crippen molar-refractivity contribution in [2.75, 3.05) is 26.3 Å². The van der Waals surface area contributed by atoms with E-state index in [9.17, 15) is 4.79 Å². The van der Waals surface area contributed by atoms with Crippen LogP contribution in [0.2, 0.25) is 0 Å². The number of carbonyl (C=O) groups is 1. The number of hydrogen-bond donors (Lipinski definition) is 2. The molecule has 0 spiro atoms. The molecule has 1 amide bonds. The molecule has 0 aliphatic heterocycles. The van der Waals surface area contributed by atoms with Crippen molar-refractivity contribution in [3.63, 3.8) is 0 Å². The van der Waals surface area contributed by atoms with Gasteiger partial charge in [0.1, 0.15) is 0 Å². The molecular weight excluding hydrogens is 374 g/mol. The Hall–Kier alpha value is -1.65. The Kier molecular flexibility index (Phi) is 17.1. The second kappa shape index (κ2) is 18.1. The summed E-state index contributed by atoms with van der Waals surface area (Å²) in [6.45, 7) is 11.9. The molecule has 0 fully saturated rings. The molecule has 0 aliphatic carbocycles. The second-order valence-corrected chi connectivity index (χ2v) is 8.47. The minimum absolute atomic E-state index is 0.0242. The van der Waals surface area contributed by atoms with Crippen LogP contribution < -0.4 is 0 Å². The van der Waals surface area contributed by atoms with Gasteiger partial charge < -0.3 is 15.1 Å². The van der Waals surface area contributed by atoms with Crippen LogP contribution in [-0.2, 0) is 4.79 Å². The molecule has 0 saturated carbocycles. The highest BCUT2D eigenvalue weighted by atomic mass is 16.3. The summed E-state index contributed by atoms with van der Waals surface area (Å²) in [6.07, 6.45) is 16.0. The lowest BCUT2D eigenvalue weighted by Gasteiger charge is -2.20. The molecule has 4 nitrogen and oxygen atoms in total. The maximum atomic E-state index is 12.4. The van der Waals surface area contributed by atoms with E-state index in [2.05, 4.69) is 45.9 Å². The third-order valence-electron chi connectivity index (χ3n) is 5.01. The van der Waals surface area contributed by atoms with E-state index < -0.39 is 0 Å². The van der Waals surface area contributed by atoms with Gasteiger partial charge in [-0.05, 0) is 86.0 Å². The second-order valence-electron chi connectivity index (χ2n) is 8.47. The monoisotopic (exact) mass is 419 g/mol. The Bertz CT molecular complexity index is 587. The van der Waals surface area contributed by atoms with Gasteiger partial charge in [0.05, 0.1) is 0 Å². The van der Waals surface area contributed by atoms with Gasteiger partial charge in [-0.3, -0.25) is 4.79 Å². The third-order valence-corrected chi connectivity index (χ3v) is 5.01. The van der Waals surface area contributed by atoms with E-state index in [4.69, 9.17) is 10.2 Å². The van der Waals surface area contributed by atoms with Crippen molar-refractivity contribution in [3.05, 3.63) is 46.6 Å². The topological polar surface area (TPSA) is 60.8 Å². The maximum absolute atomic E-state index is 12.4. The first-order chi connectivity index (χ1) is 14.3. The van der Waals surface area contributed by atoms with Crippen LogP contribution in [0.15, 0.2) is 46.6 Å². The van der Waals surface area contributed by atoms with Gasteiger partial charge in [0.15, 0.2) is 0 Å². The quantitative estimate of drug-likeness (QED) is 0.248. The number of aliphatic hydroxyl groups is 2. The Morgan fingerprint density at radius 1 is 0.700 bits per heavy atom. The van der Waals surface area contributed by atoms with Crippen LogP contribution in [0.5, 0.6) is 0 Å². The van der Waals surface area contributed by atoms with Crippen molar-refractivity contribution in [2.24, 2.45) is 0 Å². The third kappa shape index (κ3) is 16.2. The zero-order valence-corrected chi connectivity index (χ0v) is 20.0. The number of nitrogens with zero attached hydrogens (tertiary/aromatic N) is 1. The minimum Gasteiger partial charge on any atom is -0.396 e.